The van der Waals surface area contributed by atoms with Crippen LogP contribution in [0.25, 0.3) is 0 Å². The van der Waals surface area contributed by atoms with Gasteiger partial charge in [-0.3, -0.25) is 5.32 Å². The van der Waals surface area contributed by atoms with Crippen molar-refractivity contribution in [1.29, 1.82) is 0 Å². The quantitative estimate of drug-likeness (QED) is 0.619. The zero-order valence-corrected chi connectivity index (χ0v) is 7.18. The van der Waals surface area contributed by atoms with E-state index in [1.165, 1.54) is 25.7 Å². The largest absolute Gasteiger partial charge is 0.361 e. The summed E-state index contributed by atoms with van der Waals surface area (Å²) in [6.07, 6.45) is 5.92. The Bertz CT molecular complexity index is 132. The van der Waals surface area contributed by atoms with Gasteiger partial charge in [-0.2, -0.15) is 0 Å². The highest BCUT2D eigenvalue weighted by Crippen LogP contribution is 2.29. The summed E-state index contributed by atoms with van der Waals surface area (Å²) in [5, 5.41) is 3.47. The van der Waals surface area contributed by atoms with Gasteiger partial charge in [0, 0.05) is 6.04 Å². The molecule has 2 heteroatoms. The van der Waals surface area contributed by atoms with E-state index in [0.717, 1.165) is 12.5 Å². The van der Waals surface area contributed by atoms with E-state index in [1.54, 1.807) is 0 Å². The van der Waals surface area contributed by atoms with E-state index >= 15 is 0 Å². The van der Waals surface area contributed by atoms with E-state index in [1.807, 2.05) is 0 Å². The maximum Gasteiger partial charge on any atom is 0.111 e. The van der Waals surface area contributed by atoms with Crippen LogP contribution in [0, 0.1) is 5.92 Å². The van der Waals surface area contributed by atoms with Gasteiger partial charge in [-0.1, -0.05) is 12.8 Å². The minimum Gasteiger partial charge on any atom is -0.361 e. The summed E-state index contributed by atoms with van der Waals surface area (Å²) in [5.41, 5.74) is 0. The molecule has 0 amide bonds. The third-order valence-electron chi connectivity index (χ3n) is 2.80. The van der Waals surface area contributed by atoms with Gasteiger partial charge < -0.3 is 4.74 Å². The van der Waals surface area contributed by atoms with E-state index in [9.17, 15) is 0 Å². The highest BCUT2D eigenvalue weighted by atomic mass is 16.5. The topological polar surface area (TPSA) is 21.3 Å². The van der Waals surface area contributed by atoms with Crippen molar-refractivity contribution in [3.8, 4) is 0 Å². The molecule has 0 aromatic carbocycles. The van der Waals surface area contributed by atoms with Gasteiger partial charge in [0.25, 0.3) is 0 Å². The van der Waals surface area contributed by atoms with Gasteiger partial charge in [0.2, 0.25) is 0 Å². The van der Waals surface area contributed by atoms with Crippen molar-refractivity contribution in [1.82, 2.24) is 5.32 Å². The fraction of sp³-hybridized carbons (Fsp3) is 1.00. The Morgan fingerprint density at radius 3 is 2.55 bits per heavy atom. The zero-order valence-electron chi connectivity index (χ0n) is 7.18. The van der Waals surface area contributed by atoms with Crippen molar-refractivity contribution in [3.63, 3.8) is 0 Å². The molecule has 2 unspecified atom stereocenters. The molecule has 2 atom stereocenters. The first-order chi connectivity index (χ1) is 5.36. The molecule has 64 valence electrons. The Hall–Kier alpha value is -0.0800. The van der Waals surface area contributed by atoms with Gasteiger partial charge >= 0.3 is 0 Å². The summed E-state index contributed by atoms with van der Waals surface area (Å²) in [5.74, 6) is 0.806. The Morgan fingerprint density at radius 2 is 2.00 bits per heavy atom. The second kappa shape index (κ2) is 3.11. The van der Waals surface area contributed by atoms with Crippen LogP contribution in [0.15, 0.2) is 0 Å². The average molecular weight is 155 g/mol. The molecule has 0 bridgehead atoms. The molecule has 2 aliphatic rings. The molecule has 11 heavy (non-hydrogen) atoms. The monoisotopic (exact) mass is 155 g/mol. The Kier molecular flexibility index (Phi) is 2.14. The lowest BCUT2D eigenvalue weighted by atomic mass is 10.1. The molecule has 1 aliphatic heterocycles. The number of hydrogen-bond donors (Lipinski definition) is 1. The maximum atomic E-state index is 5.64. The normalized spacial score (nSPS) is 40.1. The molecule has 0 aromatic heterocycles. The van der Waals surface area contributed by atoms with Gasteiger partial charge in [-0.25, -0.2) is 0 Å². The summed E-state index contributed by atoms with van der Waals surface area (Å²) >= 11 is 0. The molecule has 1 aliphatic carbocycles. The van der Waals surface area contributed by atoms with Gasteiger partial charge in [0.05, 0.1) is 6.61 Å². The van der Waals surface area contributed by atoms with Crippen LogP contribution in [-0.4, -0.2) is 18.9 Å². The summed E-state index contributed by atoms with van der Waals surface area (Å²) in [7, 11) is 0. The average Bonchev–Trinajstić information content (AvgIpc) is 2.55. The van der Waals surface area contributed by atoms with Crippen LogP contribution in [0.2, 0.25) is 0 Å². The van der Waals surface area contributed by atoms with Crippen LogP contribution in [-0.2, 0) is 4.74 Å². The molecule has 2 fully saturated rings. The van der Waals surface area contributed by atoms with Crippen molar-refractivity contribution in [2.24, 2.45) is 5.92 Å². The zero-order chi connectivity index (χ0) is 7.68. The third kappa shape index (κ3) is 1.57. The molecular weight excluding hydrogens is 138 g/mol. The first kappa shape index (κ1) is 7.56. The fourth-order valence-electron chi connectivity index (χ4n) is 2.16. The van der Waals surface area contributed by atoms with Crippen LogP contribution in [0.3, 0.4) is 0 Å². The molecular formula is C9H17NO. The van der Waals surface area contributed by atoms with Crippen LogP contribution in [0.1, 0.15) is 32.6 Å². The standard InChI is InChI=1S/C9H17NO/c1-7-6-11-9(10-7)8-4-2-3-5-8/h7-10H,2-6H2,1H3. The van der Waals surface area contributed by atoms with Crippen molar-refractivity contribution in [2.45, 2.75) is 44.9 Å². The van der Waals surface area contributed by atoms with Crippen molar-refractivity contribution in [2.75, 3.05) is 6.61 Å². The van der Waals surface area contributed by atoms with Crippen LogP contribution in [0.5, 0.6) is 0 Å². The second-order valence-corrected chi connectivity index (χ2v) is 3.87. The van der Waals surface area contributed by atoms with E-state index < -0.39 is 0 Å². The SMILES string of the molecule is CC1COC(C2CCCC2)N1. The smallest absolute Gasteiger partial charge is 0.111 e. The van der Waals surface area contributed by atoms with Crippen molar-refractivity contribution >= 4 is 0 Å². The van der Waals surface area contributed by atoms with E-state index in [-0.39, 0.29) is 0 Å². The second-order valence-electron chi connectivity index (χ2n) is 3.87. The van der Waals surface area contributed by atoms with Crippen LogP contribution < -0.4 is 5.32 Å². The number of hydrogen-bond acceptors (Lipinski definition) is 2. The van der Waals surface area contributed by atoms with E-state index in [2.05, 4.69) is 12.2 Å². The summed E-state index contributed by atoms with van der Waals surface area (Å²) < 4.78 is 5.64. The molecule has 1 N–H and O–H groups in total. The van der Waals surface area contributed by atoms with Crippen molar-refractivity contribution < 1.29 is 4.74 Å². The summed E-state index contributed by atoms with van der Waals surface area (Å²) in [6.45, 7) is 3.09. The minimum absolute atomic E-state index is 0.382. The van der Waals surface area contributed by atoms with Gasteiger partial charge in [-0.05, 0) is 25.7 Å². The number of ether oxygens (including phenoxy) is 1. The Balaban J connectivity index is 1.85. The minimum atomic E-state index is 0.382. The first-order valence-electron chi connectivity index (χ1n) is 4.74. The Morgan fingerprint density at radius 1 is 1.27 bits per heavy atom. The van der Waals surface area contributed by atoms with Gasteiger partial charge in [0.15, 0.2) is 0 Å². The maximum absolute atomic E-state index is 5.64. The molecule has 1 heterocycles. The lowest BCUT2D eigenvalue weighted by Crippen LogP contribution is -2.33. The van der Waals surface area contributed by atoms with Crippen molar-refractivity contribution in [3.05, 3.63) is 0 Å². The third-order valence-corrected chi connectivity index (χ3v) is 2.80. The fourth-order valence-corrected chi connectivity index (χ4v) is 2.16. The molecule has 0 spiro atoms. The highest BCUT2D eigenvalue weighted by Gasteiger charge is 2.30. The molecule has 2 nitrogen and oxygen atoms in total. The summed E-state index contributed by atoms with van der Waals surface area (Å²) in [6, 6.07) is 0.570. The van der Waals surface area contributed by atoms with Gasteiger partial charge in [-0.15, -0.1) is 0 Å². The summed E-state index contributed by atoms with van der Waals surface area (Å²) in [4.78, 5) is 0. The van der Waals surface area contributed by atoms with E-state index in [0.29, 0.717) is 12.3 Å². The molecule has 0 aromatic rings. The lowest BCUT2D eigenvalue weighted by molar-refractivity contribution is 0.0540. The van der Waals surface area contributed by atoms with Crippen LogP contribution in [0.4, 0.5) is 0 Å². The number of rotatable bonds is 1. The molecule has 1 saturated carbocycles. The highest BCUT2D eigenvalue weighted by molar-refractivity contribution is 4.80. The molecule has 1 saturated heterocycles. The van der Waals surface area contributed by atoms with Gasteiger partial charge in [0.1, 0.15) is 6.23 Å². The first-order valence-corrected chi connectivity index (χ1v) is 4.74. The lowest BCUT2D eigenvalue weighted by Gasteiger charge is -2.17. The predicted molar refractivity (Wildman–Crippen MR) is 44.3 cm³/mol. The predicted octanol–water partition coefficient (Wildman–Crippen LogP) is 1.51. The Labute approximate surface area is 68.3 Å². The van der Waals surface area contributed by atoms with Crippen LogP contribution >= 0.6 is 0 Å². The molecule has 0 radical (unpaired) electrons. The number of nitrogens with one attached hydrogen (secondary N) is 1. The van der Waals surface area contributed by atoms with E-state index in [4.69, 9.17) is 4.74 Å². The molecule has 2 rings (SSSR count).